The Labute approximate surface area is 683 Å². The number of hydrogen-bond acceptors (Lipinski definition) is 15. The molecule has 0 saturated heterocycles. The van der Waals surface area contributed by atoms with Gasteiger partial charge in [-0.25, -0.2) is 9.13 Å². The quantitative estimate of drug-likeness (QED) is 0.0222. The Balaban J connectivity index is 5.23. The van der Waals surface area contributed by atoms with Crippen molar-refractivity contribution in [2.24, 2.45) is 5.92 Å². The number of ether oxygens (including phenoxy) is 4. The standard InChI is InChI=1S/C92H180O17P2/c1-6-9-12-15-18-21-24-26-28-30-32-34-36-38-43-47-52-57-62-67-72-77-92(97)109-88(82-103-90(95)76-71-66-61-56-51-46-42-37-35-33-31-29-27-25-22-19-16-13-10-7-2)84-107-111(100,101)105-80-86(93)79-104-110(98,99)106-83-87(81-102-89(94)75-70-65-60-55-49-23-20-17-14-11-8-3)108-91(96)78-73-68-63-58-53-48-44-40-39-41-45-50-54-59-64-69-74-85(4)5/h85-88,93H,6-84H2,1-5H3,(H,98,99)(H,100,101)/t86-,87+,88+/m0/s1. The zero-order chi connectivity index (χ0) is 81.1. The van der Waals surface area contributed by atoms with Crippen LogP contribution >= 0.6 is 15.6 Å². The van der Waals surface area contributed by atoms with Crippen LogP contribution in [-0.4, -0.2) is 96.7 Å². The molecule has 19 heteroatoms. The predicted octanol–water partition coefficient (Wildman–Crippen LogP) is 28.7. The molecular weight excluding hydrogens is 1440 g/mol. The highest BCUT2D eigenvalue weighted by Crippen LogP contribution is 2.45. The maximum absolute atomic E-state index is 13.2. The highest BCUT2D eigenvalue weighted by atomic mass is 31.2. The molecule has 0 spiro atoms. The Morgan fingerprint density at radius 2 is 0.414 bits per heavy atom. The summed E-state index contributed by atoms with van der Waals surface area (Å²) in [4.78, 5) is 73.4. The number of carbonyl (C=O) groups is 4. The minimum atomic E-state index is -4.97. The first-order valence-corrected chi connectivity index (χ1v) is 50.6. The van der Waals surface area contributed by atoms with Crippen LogP contribution in [0.5, 0.6) is 0 Å². The molecule has 0 rings (SSSR count). The number of phosphoric acid groups is 2. The van der Waals surface area contributed by atoms with Gasteiger partial charge in [-0.2, -0.15) is 0 Å². The maximum Gasteiger partial charge on any atom is 0.472 e. The molecule has 0 heterocycles. The molecule has 0 aliphatic carbocycles. The second-order valence-electron chi connectivity index (χ2n) is 33.5. The number of phosphoric ester groups is 2. The Kier molecular flexibility index (Phi) is 83.0. The van der Waals surface area contributed by atoms with Crippen molar-refractivity contribution in [3.05, 3.63) is 0 Å². The largest absolute Gasteiger partial charge is 0.472 e. The molecule has 17 nitrogen and oxygen atoms in total. The summed E-state index contributed by atoms with van der Waals surface area (Å²) in [6.07, 6.45) is 80.7. The Bertz CT molecular complexity index is 2100. The van der Waals surface area contributed by atoms with E-state index in [1.807, 2.05) is 0 Å². The first-order chi connectivity index (χ1) is 54.0. The molecule has 0 aliphatic rings. The molecule has 0 amide bonds. The van der Waals surface area contributed by atoms with Crippen molar-refractivity contribution in [2.75, 3.05) is 39.6 Å². The van der Waals surface area contributed by atoms with E-state index in [1.165, 1.54) is 327 Å². The number of esters is 4. The van der Waals surface area contributed by atoms with Gasteiger partial charge in [0.25, 0.3) is 0 Å². The molecule has 0 fully saturated rings. The zero-order valence-electron chi connectivity index (χ0n) is 73.1. The smallest absolute Gasteiger partial charge is 0.462 e. The molecule has 0 bridgehead atoms. The molecule has 0 aromatic rings. The minimum absolute atomic E-state index is 0.109. The van der Waals surface area contributed by atoms with Gasteiger partial charge in [-0.3, -0.25) is 37.3 Å². The minimum Gasteiger partial charge on any atom is -0.462 e. The summed E-state index contributed by atoms with van der Waals surface area (Å²) in [6, 6.07) is 0. The molecule has 0 aliphatic heterocycles. The Hall–Kier alpha value is -1.94. The van der Waals surface area contributed by atoms with Crippen molar-refractivity contribution in [3.8, 4) is 0 Å². The molecule has 0 aromatic heterocycles. The molecule has 3 N–H and O–H groups in total. The van der Waals surface area contributed by atoms with Crippen LogP contribution in [0.25, 0.3) is 0 Å². The zero-order valence-corrected chi connectivity index (χ0v) is 74.9. The van der Waals surface area contributed by atoms with Crippen LogP contribution in [0.15, 0.2) is 0 Å². The highest BCUT2D eigenvalue weighted by molar-refractivity contribution is 7.47. The highest BCUT2D eigenvalue weighted by Gasteiger charge is 2.31. The SMILES string of the molecule is CCCCCCCCCCCCCCCCCCCCCCCC(=O)O[C@H](COC(=O)CCCCCCCCCCCCCCCCCCCCCC)COP(=O)(O)OC[C@@H](O)COP(=O)(O)OC[C@@H](COC(=O)CCCCCCCCCCCCC)OC(=O)CCCCCCCCCCCCCCCCCCC(C)C. The summed E-state index contributed by atoms with van der Waals surface area (Å²) in [5.41, 5.74) is 0. The van der Waals surface area contributed by atoms with Crippen molar-refractivity contribution in [3.63, 3.8) is 0 Å². The number of aliphatic hydroxyl groups is 1. The van der Waals surface area contributed by atoms with E-state index in [4.69, 9.17) is 37.0 Å². The van der Waals surface area contributed by atoms with Crippen LogP contribution in [0.3, 0.4) is 0 Å². The first-order valence-electron chi connectivity index (χ1n) is 47.6. The third-order valence-corrected chi connectivity index (χ3v) is 23.7. The van der Waals surface area contributed by atoms with Gasteiger partial charge in [-0.1, -0.05) is 452 Å². The Morgan fingerprint density at radius 3 is 0.613 bits per heavy atom. The lowest BCUT2D eigenvalue weighted by molar-refractivity contribution is -0.161. The predicted molar refractivity (Wildman–Crippen MR) is 460 cm³/mol. The molecule has 0 saturated carbocycles. The van der Waals surface area contributed by atoms with Crippen LogP contribution in [0.1, 0.15) is 503 Å². The summed E-state index contributed by atoms with van der Waals surface area (Å²) in [5, 5.41) is 10.7. The van der Waals surface area contributed by atoms with Gasteiger partial charge in [0.2, 0.25) is 0 Å². The summed E-state index contributed by atoms with van der Waals surface area (Å²) >= 11 is 0. The lowest BCUT2D eigenvalue weighted by Crippen LogP contribution is -2.30. The van der Waals surface area contributed by atoms with Gasteiger partial charge < -0.3 is 33.8 Å². The fraction of sp³-hybridized carbons (Fsp3) is 0.957. The van der Waals surface area contributed by atoms with E-state index in [0.717, 1.165) is 95.8 Å². The van der Waals surface area contributed by atoms with Gasteiger partial charge in [0.1, 0.15) is 19.3 Å². The number of carbonyl (C=O) groups excluding carboxylic acids is 4. The number of hydrogen-bond donors (Lipinski definition) is 3. The summed E-state index contributed by atoms with van der Waals surface area (Å²) in [5.74, 6) is -1.28. The van der Waals surface area contributed by atoms with Gasteiger partial charge in [-0.05, 0) is 31.6 Å². The maximum atomic E-state index is 13.2. The third-order valence-electron chi connectivity index (χ3n) is 21.8. The summed E-state index contributed by atoms with van der Waals surface area (Å²) in [6.45, 7) is 7.43. The Morgan fingerprint density at radius 1 is 0.243 bits per heavy atom. The average molecular weight is 1620 g/mol. The second kappa shape index (κ2) is 84.5. The summed E-state index contributed by atoms with van der Waals surface area (Å²) in [7, 11) is -9.94. The van der Waals surface area contributed by atoms with E-state index in [-0.39, 0.29) is 25.7 Å². The third kappa shape index (κ3) is 85.8. The van der Waals surface area contributed by atoms with Gasteiger partial charge in [0.05, 0.1) is 26.4 Å². The van der Waals surface area contributed by atoms with Crippen LogP contribution < -0.4 is 0 Å². The van der Waals surface area contributed by atoms with E-state index in [2.05, 4.69) is 34.6 Å². The molecule has 5 atom stereocenters. The molecule has 2 unspecified atom stereocenters. The van der Waals surface area contributed by atoms with Crippen LogP contribution in [-0.2, 0) is 65.4 Å². The lowest BCUT2D eigenvalue weighted by atomic mass is 10.0. The van der Waals surface area contributed by atoms with Gasteiger partial charge in [-0.15, -0.1) is 0 Å². The molecular formula is C92H180O17P2. The molecule has 0 radical (unpaired) electrons. The van der Waals surface area contributed by atoms with Gasteiger partial charge in [0, 0.05) is 25.7 Å². The number of rotatable bonds is 92. The van der Waals surface area contributed by atoms with Crippen LogP contribution in [0.4, 0.5) is 0 Å². The van der Waals surface area contributed by atoms with E-state index in [1.54, 1.807) is 0 Å². The molecule has 111 heavy (non-hydrogen) atoms. The van der Waals surface area contributed by atoms with Crippen molar-refractivity contribution >= 4 is 39.5 Å². The first kappa shape index (κ1) is 109. The number of aliphatic hydroxyl groups excluding tert-OH is 1. The fourth-order valence-electron chi connectivity index (χ4n) is 14.5. The van der Waals surface area contributed by atoms with Crippen molar-refractivity contribution < 1.29 is 80.2 Å². The lowest BCUT2D eigenvalue weighted by Gasteiger charge is -2.21. The fourth-order valence-corrected chi connectivity index (χ4v) is 16.1. The normalized spacial score (nSPS) is 13.7. The van der Waals surface area contributed by atoms with E-state index in [0.29, 0.717) is 25.7 Å². The average Bonchev–Trinajstić information content (AvgIpc) is 0.898. The van der Waals surface area contributed by atoms with Crippen molar-refractivity contribution in [1.82, 2.24) is 0 Å². The molecule has 660 valence electrons. The van der Waals surface area contributed by atoms with Crippen LogP contribution in [0.2, 0.25) is 0 Å². The monoisotopic (exact) mass is 1620 g/mol. The second-order valence-corrected chi connectivity index (χ2v) is 36.4. The van der Waals surface area contributed by atoms with E-state index in [9.17, 15) is 43.2 Å². The van der Waals surface area contributed by atoms with Gasteiger partial charge in [0.15, 0.2) is 12.2 Å². The summed E-state index contributed by atoms with van der Waals surface area (Å²) < 4.78 is 69.1. The van der Waals surface area contributed by atoms with Crippen molar-refractivity contribution in [2.45, 2.75) is 522 Å². The number of unbranched alkanes of at least 4 members (excludes halogenated alkanes) is 64. The topological polar surface area (TPSA) is 237 Å². The van der Waals surface area contributed by atoms with E-state index < -0.39 is 97.5 Å². The molecule has 0 aromatic carbocycles. The van der Waals surface area contributed by atoms with E-state index >= 15 is 0 Å². The van der Waals surface area contributed by atoms with Crippen LogP contribution in [0, 0.1) is 5.92 Å². The van der Waals surface area contributed by atoms with Gasteiger partial charge >= 0.3 is 39.5 Å². The van der Waals surface area contributed by atoms with Crippen molar-refractivity contribution in [1.29, 1.82) is 0 Å².